The van der Waals surface area contributed by atoms with Gasteiger partial charge >= 0.3 is 5.97 Å². The van der Waals surface area contributed by atoms with Crippen LogP contribution in [0.1, 0.15) is 35.9 Å². The summed E-state index contributed by atoms with van der Waals surface area (Å²) in [4.78, 5) is 43.9. The van der Waals surface area contributed by atoms with E-state index in [4.69, 9.17) is 4.74 Å². The molecule has 3 rings (SSSR count). The average Bonchev–Trinajstić information content (AvgIpc) is 3.07. The Hall–Kier alpha value is -3.82. The van der Waals surface area contributed by atoms with E-state index in [-0.39, 0.29) is 17.5 Å². The van der Waals surface area contributed by atoms with Gasteiger partial charge in [0.2, 0.25) is 5.91 Å². The zero-order chi connectivity index (χ0) is 21.1. The van der Waals surface area contributed by atoms with Gasteiger partial charge in [-0.15, -0.1) is 5.10 Å². The lowest BCUT2D eigenvalue weighted by Crippen LogP contribution is -2.30. The number of nitrogens with one attached hydrogen (secondary N) is 2. The van der Waals surface area contributed by atoms with E-state index in [1.807, 2.05) is 19.9 Å². The fraction of sp³-hybridized carbons (Fsp3) is 0.263. The normalized spacial score (nSPS) is 11.7. The number of aromatic nitrogens is 4. The summed E-state index contributed by atoms with van der Waals surface area (Å²) in [5.41, 5.74) is 2.62. The molecular weight excluding hydrogens is 376 g/mol. The molecule has 0 aliphatic rings. The maximum absolute atomic E-state index is 12.3. The number of esters is 1. The number of aryl methyl sites for hydroxylation is 2. The molecule has 150 valence electrons. The summed E-state index contributed by atoms with van der Waals surface area (Å²) in [5, 5.41) is 9.35. The van der Waals surface area contributed by atoms with Crippen LogP contribution >= 0.6 is 0 Å². The highest BCUT2D eigenvalue weighted by molar-refractivity contribution is 5.97. The van der Waals surface area contributed by atoms with Crippen LogP contribution in [0, 0.1) is 13.8 Å². The van der Waals surface area contributed by atoms with Crippen LogP contribution in [0.3, 0.4) is 0 Å². The monoisotopic (exact) mass is 396 g/mol. The molecule has 0 aliphatic heterocycles. The van der Waals surface area contributed by atoms with E-state index in [2.05, 4.69) is 25.7 Å². The zero-order valence-electron chi connectivity index (χ0n) is 16.4. The largest absolute Gasteiger partial charge is 0.447 e. The molecule has 10 heteroatoms. The minimum Gasteiger partial charge on any atom is -0.447 e. The molecule has 3 aromatic rings. The van der Waals surface area contributed by atoms with E-state index in [0.29, 0.717) is 11.4 Å². The van der Waals surface area contributed by atoms with E-state index < -0.39 is 18.0 Å². The Bertz CT molecular complexity index is 1090. The van der Waals surface area contributed by atoms with Gasteiger partial charge in [-0.25, -0.2) is 14.3 Å². The van der Waals surface area contributed by atoms with Crippen LogP contribution in [0.4, 0.5) is 11.4 Å². The van der Waals surface area contributed by atoms with Crippen LogP contribution in [-0.2, 0) is 14.3 Å². The molecular formula is C19H20N6O4. The van der Waals surface area contributed by atoms with Crippen molar-refractivity contribution in [2.75, 3.05) is 10.6 Å². The van der Waals surface area contributed by atoms with Gasteiger partial charge in [0, 0.05) is 29.7 Å². The Morgan fingerprint density at radius 2 is 1.66 bits per heavy atom. The number of carbonyl (C=O) groups excluding carboxylic acids is 3. The van der Waals surface area contributed by atoms with E-state index in [1.54, 1.807) is 24.3 Å². The van der Waals surface area contributed by atoms with Crippen molar-refractivity contribution in [3.63, 3.8) is 0 Å². The molecule has 2 heterocycles. The first kappa shape index (κ1) is 19.9. The van der Waals surface area contributed by atoms with Crippen LogP contribution in [0.15, 0.2) is 30.3 Å². The summed E-state index contributed by atoms with van der Waals surface area (Å²) in [6.45, 7) is 6.48. The van der Waals surface area contributed by atoms with Gasteiger partial charge in [-0.1, -0.05) is 0 Å². The standard InChI is InChI=1S/C19H20N6O4/c1-10-9-11(2)25-19(20-10)23-16(24-25)18(28)29-12(3)17(27)22-15-7-5-14(6-8-15)21-13(4)26/h5-9,12H,1-4H3,(H,21,26)(H,22,27)/t12-/m1/s1. The molecule has 0 radical (unpaired) electrons. The quantitative estimate of drug-likeness (QED) is 0.630. The molecule has 2 N–H and O–H groups in total. The molecule has 10 nitrogen and oxygen atoms in total. The molecule has 0 spiro atoms. The second kappa shape index (κ2) is 8.05. The first-order valence-corrected chi connectivity index (χ1v) is 8.83. The summed E-state index contributed by atoms with van der Waals surface area (Å²) in [6.07, 6.45) is -1.07. The number of nitrogens with zero attached hydrogens (tertiary/aromatic N) is 4. The number of amides is 2. The predicted molar refractivity (Wildman–Crippen MR) is 105 cm³/mol. The van der Waals surface area contributed by atoms with Gasteiger partial charge < -0.3 is 15.4 Å². The molecule has 0 unspecified atom stereocenters. The van der Waals surface area contributed by atoms with Crippen molar-refractivity contribution in [2.24, 2.45) is 0 Å². The summed E-state index contributed by atoms with van der Waals surface area (Å²) < 4.78 is 6.61. The molecule has 0 saturated carbocycles. The lowest BCUT2D eigenvalue weighted by Gasteiger charge is -2.12. The summed E-state index contributed by atoms with van der Waals surface area (Å²) in [7, 11) is 0. The van der Waals surface area contributed by atoms with Crippen LogP contribution in [-0.4, -0.2) is 43.5 Å². The minimum atomic E-state index is -1.07. The van der Waals surface area contributed by atoms with Gasteiger partial charge in [0.15, 0.2) is 6.10 Å². The molecule has 0 fully saturated rings. The Balaban J connectivity index is 1.64. The maximum atomic E-state index is 12.3. The van der Waals surface area contributed by atoms with Crippen molar-refractivity contribution in [3.8, 4) is 0 Å². The highest BCUT2D eigenvalue weighted by Crippen LogP contribution is 2.14. The molecule has 29 heavy (non-hydrogen) atoms. The number of anilines is 2. The lowest BCUT2D eigenvalue weighted by atomic mass is 10.2. The number of carbonyl (C=O) groups is 3. The van der Waals surface area contributed by atoms with Gasteiger partial charge in [0.1, 0.15) is 0 Å². The number of rotatable bonds is 5. The third kappa shape index (κ3) is 4.72. The molecule has 0 bridgehead atoms. The molecule has 1 atom stereocenters. The molecule has 2 aromatic heterocycles. The number of fused-ring (bicyclic) bond motifs is 1. The third-order valence-electron chi connectivity index (χ3n) is 3.93. The fourth-order valence-corrected chi connectivity index (χ4v) is 2.60. The van der Waals surface area contributed by atoms with Crippen molar-refractivity contribution >= 4 is 34.9 Å². The predicted octanol–water partition coefficient (Wildman–Crippen LogP) is 1.88. The smallest absolute Gasteiger partial charge is 0.379 e. The van der Waals surface area contributed by atoms with Crippen LogP contribution < -0.4 is 10.6 Å². The Kier molecular flexibility index (Phi) is 5.53. The minimum absolute atomic E-state index is 0.175. The number of hydrogen-bond donors (Lipinski definition) is 2. The van der Waals surface area contributed by atoms with E-state index in [1.165, 1.54) is 18.4 Å². The first-order chi connectivity index (χ1) is 13.7. The van der Waals surface area contributed by atoms with Crippen LogP contribution in [0.2, 0.25) is 0 Å². The highest BCUT2D eigenvalue weighted by Gasteiger charge is 2.23. The zero-order valence-corrected chi connectivity index (χ0v) is 16.4. The number of benzene rings is 1. The van der Waals surface area contributed by atoms with Crippen LogP contribution in [0.5, 0.6) is 0 Å². The second-order valence-corrected chi connectivity index (χ2v) is 6.48. The van der Waals surface area contributed by atoms with E-state index in [0.717, 1.165) is 11.4 Å². The number of hydrogen-bond acceptors (Lipinski definition) is 7. The Morgan fingerprint density at radius 1 is 1.03 bits per heavy atom. The topological polar surface area (TPSA) is 128 Å². The number of ether oxygens (including phenoxy) is 1. The van der Waals surface area contributed by atoms with Gasteiger partial charge in [-0.2, -0.15) is 4.98 Å². The van der Waals surface area contributed by atoms with Crippen LogP contribution in [0.25, 0.3) is 5.78 Å². The van der Waals surface area contributed by atoms with E-state index in [9.17, 15) is 14.4 Å². The van der Waals surface area contributed by atoms with Crippen molar-refractivity contribution in [1.29, 1.82) is 0 Å². The first-order valence-electron chi connectivity index (χ1n) is 8.83. The van der Waals surface area contributed by atoms with E-state index >= 15 is 0 Å². The van der Waals surface area contributed by atoms with Gasteiger partial charge in [-0.3, -0.25) is 9.59 Å². The van der Waals surface area contributed by atoms with Crippen molar-refractivity contribution < 1.29 is 19.1 Å². The molecule has 2 amide bonds. The SMILES string of the molecule is CC(=O)Nc1ccc(NC(=O)[C@@H](C)OC(=O)c2nc3nc(C)cc(C)n3n2)cc1. The van der Waals surface area contributed by atoms with Crippen molar-refractivity contribution in [2.45, 2.75) is 33.8 Å². The summed E-state index contributed by atoms with van der Waals surface area (Å²) in [6, 6.07) is 8.34. The fourth-order valence-electron chi connectivity index (χ4n) is 2.60. The summed E-state index contributed by atoms with van der Waals surface area (Å²) in [5.74, 6) is -1.42. The molecule has 0 saturated heterocycles. The molecule has 0 aliphatic carbocycles. The van der Waals surface area contributed by atoms with Gasteiger partial charge in [0.25, 0.3) is 17.5 Å². The second-order valence-electron chi connectivity index (χ2n) is 6.48. The van der Waals surface area contributed by atoms with Crippen molar-refractivity contribution in [1.82, 2.24) is 19.6 Å². The summed E-state index contributed by atoms with van der Waals surface area (Å²) >= 11 is 0. The average molecular weight is 396 g/mol. The Morgan fingerprint density at radius 3 is 2.28 bits per heavy atom. The Labute approximate surface area is 166 Å². The van der Waals surface area contributed by atoms with Gasteiger partial charge in [-0.05, 0) is 51.1 Å². The van der Waals surface area contributed by atoms with Gasteiger partial charge in [0.05, 0.1) is 0 Å². The van der Waals surface area contributed by atoms with Crippen molar-refractivity contribution in [3.05, 3.63) is 47.5 Å². The lowest BCUT2D eigenvalue weighted by molar-refractivity contribution is -0.123. The highest BCUT2D eigenvalue weighted by atomic mass is 16.5. The maximum Gasteiger partial charge on any atom is 0.379 e. The third-order valence-corrected chi connectivity index (χ3v) is 3.93. The molecule has 1 aromatic carbocycles.